The Morgan fingerprint density at radius 1 is 1.38 bits per heavy atom. The highest BCUT2D eigenvalue weighted by atomic mass is 35.5. The Hall–Kier alpha value is -2.49. The molecule has 0 spiro atoms. The number of piperidine rings is 1. The Kier molecular flexibility index (Phi) is 6.78. The smallest absolute Gasteiger partial charge is 0.318 e. The van der Waals surface area contributed by atoms with Crippen LogP contribution in [0.5, 0.6) is 0 Å². The molecule has 2 aliphatic rings. The first kappa shape index (κ1) is 22.7. The van der Waals surface area contributed by atoms with E-state index in [-0.39, 0.29) is 24.7 Å². The van der Waals surface area contributed by atoms with Crippen LogP contribution in [0.15, 0.2) is 24.4 Å². The van der Waals surface area contributed by atoms with Crippen molar-refractivity contribution >= 4 is 23.4 Å². The lowest BCUT2D eigenvalue weighted by Crippen LogP contribution is -2.54. The monoisotopic (exact) mass is 462 g/mol. The number of hydrogen-bond donors (Lipinski definition) is 3. The summed E-state index contributed by atoms with van der Waals surface area (Å²) in [5.74, 6) is 0.204. The third-order valence-electron chi connectivity index (χ3n) is 6.05. The molecule has 4 N–H and O–H groups in total. The van der Waals surface area contributed by atoms with Crippen molar-refractivity contribution in [1.82, 2.24) is 20.4 Å². The molecular weight excluding hydrogens is 435 g/mol. The summed E-state index contributed by atoms with van der Waals surface area (Å²) in [7, 11) is 0. The van der Waals surface area contributed by atoms with Crippen molar-refractivity contribution in [3.05, 3.63) is 51.9 Å². The van der Waals surface area contributed by atoms with Gasteiger partial charge in [0, 0.05) is 41.8 Å². The number of aliphatic hydroxyl groups is 1. The van der Waals surface area contributed by atoms with E-state index >= 15 is 0 Å². The van der Waals surface area contributed by atoms with Crippen molar-refractivity contribution in [3.8, 4) is 0 Å². The van der Waals surface area contributed by atoms with E-state index in [1.807, 2.05) is 11.8 Å². The Bertz CT molecular complexity index is 987. The zero-order valence-electron chi connectivity index (χ0n) is 18.0. The van der Waals surface area contributed by atoms with E-state index in [1.165, 1.54) is 12.3 Å². The first-order valence-electron chi connectivity index (χ1n) is 10.9. The van der Waals surface area contributed by atoms with Gasteiger partial charge < -0.3 is 26.0 Å². The second kappa shape index (κ2) is 9.56. The molecule has 2 aromatic rings. The van der Waals surface area contributed by atoms with Crippen molar-refractivity contribution in [2.45, 2.75) is 57.5 Å². The van der Waals surface area contributed by atoms with E-state index < -0.39 is 12.0 Å². The van der Waals surface area contributed by atoms with Gasteiger partial charge in [-0.1, -0.05) is 11.6 Å². The summed E-state index contributed by atoms with van der Waals surface area (Å²) in [5, 5.41) is 21.0. The van der Waals surface area contributed by atoms with Gasteiger partial charge in [0.15, 0.2) is 5.82 Å². The number of nitrogens with two attached hydrogens (primary N) is 1. The van der Waals surface area contributed by atoms with Crippen LogP contribution in [-0.2, 0) is 6.54 Å². The summed E-state index contributed by atoms with van der Waals surface area (Å²) in [6.45, 7) is 3.30. The number of carbonyl (C=O) groups excluding carboxylic acids is 1. The number of amides is 2. The fourth-order valence-electron chi connectivity index (χ4n) is 4.17. The molecular formula is C22H28ClFN6O2. The molecule has 1 saturated heterocycles. The van der Waals surface area contributed by atoms with Crippen LogP contribution < -0.4 is 16.0 Å². The molecule has 1 aromatic heterocycles. The van der Waals surface area contributed by atoms with Gasteiger partial charge >= 0.3 is 6.03 Å². The van der Waals surface area contributed by atoms with Gasteiger partial charge in [-0.05, 0) is 56.4 Å². The van der Waals surface area contributed by atoms with E-state index in [0.717, 1.165) is 37.8 Å². The number of aryl methyl sites for hydroxylation is 1. The van der Waals surface area contributed by atoms with Gasteiger partial charge in [-0.25, -0.2) is 9.18 Å². The number of nitrogens with one attached hydrogen (secondary N) is 1. The van der Waals surface area contributed by atoms with Crippen LogP contribution in [0.4, 0.5) is 15.0 Å². The first-order valence-corrected chi connectivity index (χ1v) is 11.2. The number of halogens is 2. The number of urea groups is 1. The Morgan fingerprint density at radius 3 is 2.88 bits per heavy atom. The second-order valence-electron chi connectivity index (χ2n) is 8.52. The Labute approximate surface area is 191 Å². The van der Waals surface area contributed by atoms with E-state index in [1.54, 1.807) is 12.1 Å². The highest BCUT2D eigenvalue weighted by Gasteiger charge is 2.39. The molecule has 2 atom stereocenters. The molecule has 8 nitrogen and oxygen atoms in total. The van der Waals surface area contributed by atoms with Gasteiger partial charge in [-0.15, -0.1) is 5.10 Å². The number of benzene rings is 1. The molecule has 32 heavy (non-hydrogen) atoms. The van der Waals surface area contributed by atoms with Crippen molar-refractivity contribution in [3.63, 3.8) is 0 Å². The average molecular weight is 463 g/mol. The van der Waals surface area contributed by atoms with E-state index in [9.17, 15) is 14.3 Å². The van der Waals surface area contributed by atoms with Gasteiger partial charge in [0.2, 0.25) is 0 Å². The number of aliphatic hydroxyl groups excluding tert-OH is 1. The zero-order chi connectivity index (χ0) is 22.8. The maximum Gasteiger partial charge on any atom is 0.318 e. The molecule has 1 aliphatic carbocycles. The SMILES string of the molecule is Cc1cc(CNC(=O)N(C2CC2)[C@@H]2CCCN(c3cc(C(N)O)cnn3)C2)c(F)cc1Cl. The van der Waals surface area contributed by atoms with Crippen LogP contribution in [0.1, 0.15) is 48.6 Å². The van der Waals surface area contributed by atoms with Gasteiger partial charge in [-0.3, -0.25) is 0 Å². The minimum atomic E-state index is -1.12. The summed E-state index contributed by atoms with van der Waals surface area (Å²) in [6, 6.07) is 4.68. The summed E-state index contributed by atoms with van der Waals surface area (Å²) in [6.07, 6.45) is 4.03. The third-order valence-corrected chi connectivity index (χ3v) is 6.46. The molecule has 1 aromatic carbocycles. The lowest BCUT2D eigenvalue weighted by atomic mass is 10.0. The first-order chi connectivity index (χ1) is 15.3. The number of rotatable bonds is 6. The summed E-state index contributed by atoms with van der Waals surface area (Å²) in [4.78, 5) is 17.1. The van der Waals surface area contributed by atoms with Crippen molar-refractivity contribution < 1.29 is 14.3 Å². The number of anilines is 1. The quantitative estimate of drug-likeness (QED) is 0.570. The van der Waals surface area contributed by atoms with Gasteiger partial charge in [0.05, 0.1) is 12.2 Å². The largest absolute Gasteiger partial charge is 0.374 e. The summed E-state index contributed by atoms with van der Waals surface area (Å²) in [5.41, 5.74) is 7.23. The lowest BCUT2D eigenvalue weighted by molar-refractivity contribution is 0.160. The Morgan fingerprint density at radius 2 is 2.16 bits per heavy atom. The lowest BCUT2D eigenvalue weighted by Gasteiger charge is -2.40. The predicted octanol–water partition coefficient (Wildman–Crippen LogP) is 2.87. The van der Waals surface area contributed by atoms with Crippen LogP contribution in [0, 0.1) is 12.7 Å². The Balaban J connectivity index is 1.45. The number of aromatic nitrogens is 2. The van der Waals surface area contributed by atoms with E-state index in [0.29, 0.717) is 28.5 Å². The molecule has 0 bridgehead atoms. The van der Waals surface area contributed by atoms with Gasteiger partial charge in [0.25, 0.3) is 0 Å². The van der Waals surface area contributed by atoms with Crippen LogP contribution in [0.3, 0.4) is 0 Å². The third kappa shape index (κ3) is 5.11. The molecule has 4 rings (SSSR count). The van der Waals surface area contributed by atoms with Crippen LogP contribution in [0.2, 0.25) is 5.02 Å². The second-order valence-corrected chi connectivity index (χ2v) is 8.93. The minimum absolute atomic E-state index is 0.00121. The highest BCUT2D eigenvalue weighted by Crippen LogP contribution is 2.32. The normalized spacial score (nSPS) is 19.5. The van der Waals surface area contributed by atoms with Gasteiger partial charge in [0.1, 0.15) is 12.0 Å². The molecule has 1 saturated carbocycles. The zero-order valence-corrected chi connectivity index (χ0v) is 18.7. The van der Waals surface area contributed by atoms with Crippen LogP contribution in [-0.4, -0.2) is 51.4 Å². The highest BCUT2D eigenvalue weighted by molar-refractivity contribution is 6.31. The van der Waals surface area contributed by atoms with E-state index in [4.69, 9.17) is 17.3 Å². The molecule has 1 unspecified atom stereocenters. The van der Waals surface area contributed by atoms with Crippen molar-refractivity contribution in [1.29, 1.82) is 0 Å². The maximum atomic E-state index is 14.2. The number of carbonyl (C=O) groups is 1. The average Bonchev–Trinajstić information content (AvgIpc) is 3.61. The summed E-state index contributed by atoms with van der Waals surface area (Å²) >= 11 is 5.97. The van der Waals surface area contributed by atoms with Crippen LogP contribution >= 0.6 is 11.6 Å². The molecule has 10 heteroatoms. The topological polar surface area (TPSA) is 108 Å². The number of hydrogen-bond acceptors (Lipinski definition) is 6. The van der Waals surface area contributed by atoms with E-state index in [2.05, 4.69) is 20.4 Å². The molecule has 1 aliphatic heterocycles. The molecule has 0 radical (unpaired) electrons. The molecule has 2 fully saturated rings. The predicted molar refractivity (Wildman–Crippen MR) is 120 cm³/mol. The van der Waals surface area contributed by atoms with Gasteiger partial charge in [-0.2, -0.15) is 5.10 Å². The maximum absolute atomic E-state index is 14.2. The van der Waals surface area contributed by atoms with Crippen molar-refractivity contribution in [2.24, 2.45) is 5.73 Å². The molecule has 2 heterocycles. The molecule has 2 amide bonds. The standard InChI is InChI=1S/C22H28ClFN6O2/c1-13-7-14(19(24)9-18(13)23)10-26-22(32)30(16-4-5-16)17-3-2-6-29(12-17)20-8-15(21(25)31)11-27-28-20/h7-9,11,16-17,21,31H,2-6,10,12,25H2,1H3,(H,26,32)/t17-,21?/m1/s1. The number of nitrogens with zero attached hydrogens (tertiary/aromatic N) is 4. The minimum Gasteiger partial charge on any atom is -0.374 e. The van der Waals surface area contributed by atoms with Crippen LogP contribution in [0.25, 0.3) is 0 Å². The molecule has 172 valence electrons. The summed E-state index contributed by atoms with van der Waals surface area (Å²) < 4.78 is 14.2. The van der Waals surface area contributed by atoms with Crippen molar-refractivity contribution in [2.75, 3.05) is 18.0 Å². The fraction of sp³-hybridized carbons (Fsp3) is 0.500. The fourth-order valence-corrected chi connectivity index (χ4v) is 4.32.